The topological polar surface area (TPSA) is 64.3 Å². The Morgan fingerprint density at radius 3 is 2.67 bits per heavy atom. The smallest absolute Gasteiger partial charge is 0.158 e. The first-order chi connectivity index (χ1) is 7.04. The maximum atomic E-state index is 5.69. The Morgan fingerprint density at radius 2 is 2.13 bits per heavy atom. The van der Waals surface area contributed by atoms with Crippen molar-refractivity contribution < 1.29 is 4.74 Å². The first kappa shape index (κ1) is 11.7. The fourth-order valence-electron chi connectivity index (χ4n) is 1.14. The third-order valence-corrected chi connectivity index (χ3v) is 2.19. The molecule has 0 aromatic carbocycles. The molecule has 5 heteroatoms. The minimum absolute atomic E-state index is 0.370. The van der Waals surface area contributed by atoms with Crippen LogP contribution in [0.5, 0.6) is 0 Å². The van der Waals surface area contributed by atoms with Crippen LogP contribution < -0.4 is 10.6 Å². The van der Waals surface area contributed by atoms with E-state index in [9.17, 15) is 0 Å². The van der Waals surface area contributed by atoms with Crippen molar-refractivity contribution in [2.24, 2.45) is 0 Å². The van der Waals surface area contributed by atoms with Crippen LogP contribution in [-0.2, 0) is 11.3 Å². The highest BCUT2D eigenvalue weighted by Gasteiger charge is 2.09. The average Bonchev–Trinajstić information content (AvgIpc) is 2.16. The molecular formula is C10H18N4O. The summed E-state index contributed by atoms with van der Waals surface area (Å²) in [6.07, 6.45) is 0. The van der Waals surface area contributed by atoms with Gasteiger partial charge in [0.25, 0.3) is 0 Å². The number of rotatable bonds is 4. The molecule has 1 heterocycles. The molecule has 0 atom stereocenters. The summed E-state index contributed by atoms with van der Waals surface area (Å²) in [7, 11) is 3.58. The molecule has 0 radical (unpaired) electrons. The van der Waals surface area contributed by atoms with E-state index in [2.05, 4.69) is 23.8 Å². The van der Waals surface area contributed by atoms with Crippen LogP contribution in [0.15, 0.2) is 6.07 Å². The van der Waals surface area contributed by atoms with E-state index >= 15 is 0 Å². The maximum absolute atomic E-state index is 5.69. The Bertz CT molecular complexity index is 327. The van der Waals surface area contributed by atoms with Gasteiger partial charge in [-0.15, -0.1) is 0 Å². The highest BCUT2D eigenvalue weighted by molar-refractivity contribution is 5.46. The molecule has 84 valence electrons. The summed E-state index contributed by atoms with van der Waals surface area (Å²) >= 11 is 0. The number of hydrogen-bond donors (Lipinski definition) is 1. The molecule has 0 unspecified atom stereocenters. The third kappa shape index (κ3) is 3.06. The Morgan fingerprint density at radius 1 is 1.47 bits per heavy atom. The minimum Gasteiger partial charge on any atom is -0.384 e. The zero-order chi connectivity index (χ0) is 11.4. The molecule has 2 N–H and O–H groups in total. The highest BCUT2D eigenvalue weighted by Crippen LogP contribution is 2.15. The van der Waals surface area contributed by atoms with Crippen LogP contribution >= 0.6 is 0 Å². The molecule has 0 saturated carbocycles. The summed E-state index contributed by atoms with van der Waals surface area (Å²) in [5.74, 6) is 1.91. The zero-order valence-corrected chi connectivity index (χ0v) is 9.69. The number of hydrogen-bond acceptors (Lipinski definition) is 5. The fraction of sp³-hybridized carbons (Fsp3) is 0.600. The van der Waals surface area contributed by atoms with E-state index in [1.165, 1.54) is 0 Å². The molecule has 0 aliphatic heterocycles. The van der Waals surface area contributed by atoms with E-state index in [1.54, 1.807) is 13.2 Å². The second-order valence-corrected chi connectivity index (χ2v) is 3.70. The molecule has 15 heavy (non-hydrogen) atoms. The summed E-state index contributed by atoms with van der Waals surface area (Å²) in [6.45, 7) is 4.56. The van der Waals surface area contributed by atoms with Crippen molar-refractivity contribution in [1.82, 2.24) is 9.97 Å². The number of methoxy groups -OCH3 is 1. The quantitative estimate of drug-likeness (QED) is 0.804. The van der Waals surface area contributed by atoms with E-state index < -0.39 is 0 Å². The van der Waals surface area contributed by atoms with Gasteiger partial charge in [0, 0.05) is 26.3 Å². The second-order valence-electron chi connectivity index (χ2n) is 3.70. The molecule has 0 spiro atoms. The highest BCUT2D eigenvalue weighted by atomic mass is 16.5. The summed E-state index contributed by atoms with van der Waals surface area (Å²) in [4.78, 5) is 10.5. The van der Waals surface area contributed by atoms with Gasteiger partial charge in [-0.05, 0) is 13.8 Å². The van der Waals surface area contributed by atoms with Crippen molar-refractivity contribution in [2.45, 2.75) is 26.5 Å². The minimum atomic E-state index is 0.370. The molecule has 1 rings (SSSR count). The standard InChI is InChI=1S/C10H18N4O/c1-7(2)14(3)10-5-8(11)12-9(13-10)6-15-4/h5,7H,6H2,1-4H3,(H2,11,12,13). The molecule has 1 aromatic heterocycles. The number of ether oxygens (including phenoxy) is 1. The Kier molecular flexibility index (Phi) is 3.85. The van der Waals surface area contributed by atoms with Gasteiger partial charge < -0.3 is 15.4 Å². The first-order valence-electron chi connectivity index (χ1n) is 4.89. The monoisotopic (exact) mass is 210 g/mol. The molecule has 0 bridgehead atoms. The lowest BCUT2D eigenvalue weighted by Crippen LogP contribution is -2.27. The van der Waals surface area contributed by atoms with Crippen LogP contribution in [0.3, 0.4) is 0 Å². The van der Waals surface area contributed by atoms with Crippen molar-refractivity contribution >= 4 is 11.6 Å². The van der Waals surface area contributed by atoms with Crippen LogP contribution in [0.25, 0.3) is 0 Å². The van der Waals surface area contributed by atoms with Gasteiger partial charge in [0.2, 0.25) is 0 Å². The lowest BCUT2D eigenvalue weighted by Gasteiger charge is -2.22. The van der Waals surface area contributed by atoms with Gasteiger partial charge in [-0.25, -0.2) is 9.97 Å². The first-order valence-corrected chi connectivity index (χ1v) is 4.89. The van der Waals surface area contributed by atoms with Gasteiger partial charge in [0.15, 0.2) is 5.82 Å². The Hall–Kier alpha value is -1.36. The van der Waals surface area contributed by atoms with Crippen LogP contribution in [-0.4, -0.2) is 30.2 Å². The zero-order valence-electron chi connectivity index (χ0n) is 9.69. The lowest BCUT2D eigenvalue weighted by atomic mass is 10.3. The van der Waals surface area contributed by atoms with Gasteiger partial charge in [-0.2, -0.15) is 0 Å². The maximum Gasteiger partial charge on any atom is 0.158 e. The van der Waals surface area contributed by atoms with E-state index in [4.69, 9.17) is 10.5 Å². The Labute approximate surface area is 90.3 Å². The summed E-state index contributed by atoms with van der Waals surface area (Å²) in [6, 6.07) is 2.13. The van der Waals surface area contributed by atoms with Gasteiger partial charge in [-0.1, -0.05) is 0 Å². The van der Waals surface area contributed by atoms with Gasteiger partial charge in [-0.3, -0.25) is 0 Å². The van der Waals surface area contributed by atoms with Gasteiger partial charge in [0.1, 0.15) is 18.2 Å². The fourth-order valence-corrected chi connectivity index (χ4v) is 1.14. The summed E-state index contributed by atoms with van der Waals surface area (Å²) in [5.41, 5.74) is 5.69. The third-order valence-electron chi connectivity index (χ3n) is 2.19. The van der Waals surface area contributed by atoms with Crippen molar-refractivity contribution in [1.29, 1.82) is 0 Å². The molecule has 5 nitrogen and oxygen atoms in total. The number of nitrogens with zero attached hydrogens (tertiary/aromatic N) is 3. The summed E-state index contributed by atoms with van der Waals surface area (Å²) in [5, 5.41) is 0. The van der Waals surface area contributed by atoms with Crippen LogP contribution in [0.1, 0.15) is 19.7 Å². The lowest BCUT2D eigenvalue weighted by molar-refractivity contribution is 0.178. The molecular weight excluding hydrogens is 192 g/mol. The van der Waals surface area contributed by atoms with Crippen molar-refractivity contribution in [2.75, 3.05) is 24.8 Å². The second kappa shape index (κ2) is 4.93. The number of nitrogen functional groups attached to an aromatic ring is 1. The van der Waals surface area contributed by atoms with Crippen LogP contribution in [0, 0.1) is 0 Å². The predicted octanol–water partition coefficient (Wildman–Crippen LogP) is 1.05. The molecule has 0 saturated heterocycles. The van der Waals surface area contributed by atoms with E-state index in [-0.39, 0.29) is 0 Å². The number of anilines is 2. The molecule has 0 aliphatic carbocycles. The van der Waals surface area contributed by atoms with Crippen molar-refractivity contribution in [3.8, 4) is 0 Å². The number of aromatic nitrogens is 2. The van der Waals surface area contributed by atoms with E-state index in [1.807, 2.05) is 11.9 Å². The molecule has 1 aromatic rings. The SMILES string of the molecule is COCc1nc(N)cc(N(C)C(C)C)n1. The van der Waals surface area contributed by atoms with Gasteiger partial charge >= 0.3 is 0 Å². The molecule has 0 aliphatic rings. The molecule has 0 fully saturated rings. The van der Waals surface area contributed by atoms with Gasteiger partial charge in [0.05, 0.1) is 0 Å². The van der Waals surface area contributed by atoms with Crippen LogP contribution in [0.2, 0.25) is 0 Å². The van der Waals surface area contributed by atoms with Crippen molar-refractivity contribution in [3.05, 3.63) is 11.9 Å². The van der Waals surface area contributed by atoms with Crippen LogP contribution in [0.4, 0.5) is 11.6 Å². The predicted molar refractivity (Wildman–Crippen MR) is 60.7 cm³/mol. The van der Waals surface area contributed by atoms with E-state index in [0.717, 1.165) is 5.82 Å². The number of nitrogens with two attached hydrogens (primary N) is 1. The summed E-state index contributed by atoms with van der Waals surface area (Å²) < 4.78 is 4.98. The average molecular weight is 210 g/mol. The molecule has 0 amide bonds. The van der Waals surface area contributed by atoms with E-state index in [0.29, 0.717) is 24.3 Å². The largest absolute Gasteiger partial charge is 0.384 e. The van der Waals surface area contributed by atoms with Crippen molar-refractivity contribution in [3.63, 3.8) is 0 Å². The Balaban J connectivity index is 2.97. The normalized spacial score (nSPS) is 10.7.